The molecule has 0 saturated carbocycles. The van der Waals surface area contributed by atoms with Gasteiger partial charge in [0, 0.05) is 19.6 Å². The summed E-state index contributed by atoms with van der Waals surface area (Å²) in [5.74, 6) is 1.14. The third-order valence-corrected chi connectivity index (χ3v) is 2.06. The number of guanidine groups is 1. The van der Waals surface area contributed by atoms with Gasteiger partial charge in [-0.1, -0.05) is 0 Å². The Morgan fingerprint density at radius 3 is 2.70 bits per heavy atom. The molecule has 0 aliphatic carbocycles. The molecule has 3 heteroatoms. The van der Waals surface area contributed by atoms with Gasteiger partial charge in [-0.05, 0) is 12.8 Å². The second-order valence-electron chi connectivity index (χ2n) is 2.83. The third kappa shape index (κ3) is 0.958. The monoisotopic (exact) mass is 139 g/mol. The fraction of sp³-hybridized carbons (Fsp3) is 0.857. The Morgan fingerprint density at radius 1 is 1.30 bits per heavy atom. The van der Waals surface area contributed by atoms with Crippen LogP contribution in [0.1, 0.15) is 12.8 Å². The van der Waals surface area contributed by atoms with Crippen LogP contribution in [-0.2, 0) is 0 Å². The van der Waals surface area contributed by atoms with Crippen molar-refractivity contribution in [2.24, 2.45) is 4.99 Å². The molecule has 0 spiro atoms. The van der Waals surface area contributed by atoms with E-state index in [1.807, 2.05) is 0 Å². The van der Waals surface area contributed by atoms with Gasteiger partial charge in [0.2, 0.25) is 0 Å². The van der Waals surface area contributed by atoms with Crippen molar-refractivity contribution in [3.05, 3.63) is 0 Å². The van der Waals surface area contributed by atoms with Crippen LogP contribution in [0, 0.1) is 0 Å². The van der Waals surface area contributed by atoms with Crippen LogP contribution < -0.4 is 5.32 Å². The molecule has 0 atom stereocenters. The van der Waals surface area contributed by atoms with Crippen molar-refractivity contribution in [2.45, 2.75) is 12.8 Å². The Balaban J connectivity index is 1.97. The summed E-state index contributed by atoms with van der Waals surface area (Å²) in [7, 11) is 0. The first-order valence-electron chi connectivity index (χ1n) is 4.00. The minimum absolute atomic E-state index is 0.964. The predicted molar refractivity (Wildman–Crippen MR) is 41.1 cm³/mol. The zero-order valence-electron chi connectivity index (χ0n) is 6.14. The van der Waals surface area contributed by atoms with Gasteiger partial charge in [0.15, 0.2) is 5.96 Å². The summed E-state index contributed by atoms with van der Waals surface area (Å²) in [6.07, 6.45) is 2.67. The van der Waals surface area contributed by atoms with E-state index in [0.717, 1.165) is 19.0 Å². The minimum Gasteiger partial charge on any atom is -0.354 e. The normalized spacial score (nSPS) is 24.8. The van der Waals surface area contributed by atoms with Gasteiger partial charge >= 0.3 is 0 Å². The molecule has 2 aliphatic heterocycles. The van der Waals surface area contributed by atoms with Gasteiger partial charge in [0.1, 0.15) is 0 Å². The molecule has 0 bridgehead atoms. The molecule has 0 aromatic rings. The summed E-state index contributed by atoms with van der Waals surface area (Å²) in [4.78, 5) is 6.69. The standard InChI is InChI=1S/C7H13N3/c1-2-6-10(5-1)7-8-3-4-9-7/h1-6H2,(H,8,9). The Hall–Kier alpha value is -0.730. The zero-order valence-corrected chi connectivity index (χ0v) is 6.14. The molecule has 0 aromatic heterocycles. The van der Waals surface area contributed by atoms with Crippen LogP contribution in [0.15, 0.2) is 4.99 Å². The van der Waals surface area contributed by atoms with Crippen LogP contribution in [0.25, 0.3) is 0 Å². The van der Waals surface area contributed by atoms with Crippen molar-refractivity contribution < 1.29 is 0 Å². The summed E-state index contributed by atoms with van der Waals surface area (Å²) in [5.41, 5.74) is 0. The Bertz CT molecular complexity index is 147. The highest BCUT2D eigenvalue weighted by Gasteiger charge is 2.17. The van der Waals surface area contributed by atoms with Gasteiger partial charge in [-0.15, -0.1) is 0 Å². The van der Waals surface area contributed by atoms with E-state index in [0.29, 0.717) is 0 Å². The smallest absolute Gasteiger partial charge is 0.194 e. The fourth-order valence-electron chi connectivity index (χ4n) is 1.53. The molecular weight excluding hydrogens is 126 g/mol. The van der Waals surface area contributed by atoms with Gasteiger partial charge in [0.05, 0.1) is 6.54 Å². The van der Waals surface area contributed by atoms with E-state index in [9.17, 15) is 0 Å². The number of aliphatic imine (C=N–C) groups is 1. The quantitative estimate of drug-likeness (QED) is 0.513. The van der Waals surface area contributed by atoms with Crippen LogP contribution >= 0.6 is 0 Å². The largest absolute Gasteiger partial charge is 0.354 e. The maximum absolute atomic E-state index is 4.35. The number of likely N-dealkylation sites (tertiary alicyclic amines) is 1. The van der Waals surface area contributed by atoms with Gasteiger partial charge in [-0.3, -0.25) is 4.99 Å². The molecule has 10 heavy (non-hydrogen) atoms. The lowest BCUT2D eigenvalue weighted by Gasteiger charge is -2.16. The predicted octanol–water partition coefficient (Wildman–Crippen LogP) is 0.0414. The third-order valence-electron chi connectivity index (χ3n) is 2.06. The number of nitrogens with zero attached hydrogens (tertiary/aromatic N) is 2. The first-order valence-corrected chi connectivity index (χ1v) is 4.00. The Kier molecular flexibility index (Phi) is 1.49. The van der Waals surface area contributed by atoms with E-state index in [-0.39, 0.29) is 0 Å². The first-order chi connectivity index (χ1) is 4.97. The van der Waals surface area contributed by atoms with Gasteiger partial charge in [-0.25, -0.2) is 0 Å². The number of hydrogen-bond acceptors (Lipinski definition) is 3. The Morgan fingerprint density at radius 2 is 2.10 bits per heavy atom. The molecule has 0 amide bonds. The van der Waals surface area contributed by atoms with Crippen molar-refractivity contribution in [2.75, 3.05) is 26.2 Å². The van der Waals surface area contributed by atoms with Crippen LogP contribution in [0.2, 0.25) is 0 Å². The average Bonchev–Trinajstić information content (AvgIpc) is 2.59. The fourth-order valence-corrected chi connectivity index (χ4v) is 1.53. The molecule has 0 radical (unpaired) electrons. The van der Waals surface area contributed by atoms with Crippen molar-refractivity contribution in [3.63, 3.8) is 0 Å². The molecular formula is C7H13N3. The SMILES string of the molecule is C1CCN(C2=NCCN2)C1. The zero-order chi connectivity index (χ0) is 6.81. The second kappa shape index (κ2) is 2.48. The number of nitrogens with one attached hydrogen (secondary N) is 1. The number of hydrogen-bond donors (Lipinski definition) is 1. The van der Waals surface area contributed by atoms with E-state index >= 15 is 0 Å². The summed E-state index contributed by atoms with van der Waals surface area (Å²) in [5, 5.41) is 3.27. The van der Waals surface area contributed by atoms with Crippen molar-refractivity contribution in [3.8, 4) is 0 Å². The van der Waals surface area contributed by atoms with E-state index in [1.165, 1.54) is 25.9 Å². The van der Waals surface area contributed by atoms with Crippen LogP contribution in [0.5, 0.6) is 0 Å². The molecule has 2 rings (SSSR count). The van der Waals surface area contributed by atoms with E-state index in [4.69, 9.17) is 0 Å². The van der Waals surface area contributed by atoms with Crippen LogP contribution in [0.3, 0.4) is 0 Å². The molecule has 2 aliphatic rings. The molecule has 1 N–H and O–H groups in total. The lowest BCUT2D eigenvalue weighted by molar-refractivity contribution is 0.504. The lowest BCUT2D eigenvalue weighted by Crippen LogP contribution is -2.36. The average molecular weight is 139 g/mol. The second-order valence-corrected chi connectivity index (χ2v) is 2.83. The van der Waals surface area contributed by atoms with Gasteiger partial charge < -0.3 is 10.2 Å². The van der Waals surface area contributed by atoms with Crippen LogP contribution in [0.4, 0.5) is 0 Å². The summed E-state index contributed by atoms with van der Waals surface area (Å²) in [6.45, 7) is 4.40. The molecule has 56 valence electrons. The highest BCUT2D eigenvalue weighted by atomic mass is 15.3. The van der Waals surface area contributed by atoms with Crippen molar-refractivity contribution in [1.82, 2.24) is 10.2 Å². The summed E-state index contributed by atoms with van der Waals surface area (Å²) < 4.78 is 0. The molecule has 2 heterocycles. The maximum atomic E-state index is 4.35. The molecule has 0 aromatic carbocycles. The maximum Gasteiger partial charge on any atom is 0.194 e. The van der Waals surface area contributed by atoms with Crippen molar-refractivity contribution >= 4 is 5.96 Å². The molecule has 1 fully saturated rings. The molecule has 0 unspecified atom stereocenters. The van der Waals surface area contributed by atoms with E-state index < -0.39 is 0 Å². The Labute approximate surface area is 61.1 Å². The summed E-state index contributed by atoms with van der Waals surface area (Å²) in [6, 6.07) is 0. The van der Waals surface area contributed by atoms with E-state index in [2.05, 4.69) is 15.2 Å². The highest BCUT2D eigenvalue weighted by molar-refractivity contribution is 5.81. The molecule has 3 nitrogen and oxygen atoms in total. The van der Waals surface area contributed by atoms with Crippen molar-refractivity contribution in [1.29, 1.82) is 0 Å². The minimum atomic E-state index is 0.964. The summed E-state index contributed by atoms with van der Waals surface area (Å²) >= 11 is 0. The topological polar surface area (TPSA) is 27.6 Å². The van der Waals surface area contributed by atoms with Gasteiger partial charge in [0.25, 0.3) is 0 Å². The van der Waals surface area contributed by atoms with Gasteiger partial charge in [-0.2, -0.15) is 0 Å². The van der Waals surface area contributed by atoms with E-state index in [1.54, 1.807) is 0 Å². The van der Waals surface area contributed by atoms with Crippen LogP contribution in [-0.4, -0.2) is 37.0 Å². The molecule has 1 saturated heterocycles. The number of rotatable bonds is 0. The lowest BCUT2D eigenvalue weighted by atomic mass is 10.4. The highest BCUT2D eigenvalue weighted by Crippen LogP contribution is 2.08. The first kappa shape index (κ1) is 6.01.